The first-order chi connectivity index (χ1) is 8.67. The van der Waals surface area contributed by atoms with Gasteiger partial charge in [0.05, 0.1) is 6.61 Å². The van der Waals surface area contributed by atoms with Gasteiger partial charge in [0.2, 0.25) is 0 Å². The van der Waals surface area contributed by atoms with Crippen LogP contribution in [-0.4, -0.2) is 5.11 Å². The van der Waals surface area contributed by atoms with Crippen molar-refractivity contribution in [3.05, 3.63) is 59.4 Å². The number of rotatable bonds is 4. The van der Waals surface area contributed by atoms with Gasteiger partial charge in [-0.25, -0.2) is 4.39 Å². The van der Waals surface area contributed by atoms with Crippen LogP contribution in [0.3, 0.4) is 0 Å². The molecular weight excluding hydrogens is 249 g/mol. The Labute approximate surface area is 110 Å². The van der Waals surface area contributed by atoms with Crippen LogP contribution in [0.4, 0.5) is 10.1 Å². The topological polar surface area (TPSA) is 46.2 Å². The van der Waals surface area contributed by atoms with Gasteiger partial charge in [-0.1, -0.05) is 24.3 Å². The lowest BCUT2D eigenvalue weighted by atomic mass is 10.2. The van der Waals surface area contributed by atoms with Crippen LogP contribution in [-0.2, 0) is 12.4 Å². The van der Waals surface area contributed by atoms with Crippen LogP contribution in [0.1, 0.15) is 11.1 Å². The lowest BCUT2D eigenvalue weighted by molar-refractivity contribution is 0.282. The fraction of sp³-hybridized carbons (Fsp3) is 0.143. The average molecular weight is 263 g/mol. The molecule has 0 aliphatic heterocycles. The van der Waals surface area contributed by atoms with Crippen molar-refractivity contribution in [3.63, 3.8) is 0 Å². The summed E-state index contributed by atoms with van der Waals surface area (Å²) >= 11 is 1.53. The maximum absolute atomic E-state index is 13.1. The Morgan fingerprint density at radius 2 is 1.72 bits per heavy atom. The van der Waals surface area contributed by atoms with E-state index in [2.05, 4.69) is 0 Å². The fourth-order valence-electron chi connectivity index (χ4n) is 1.58. The Balaban J connectivity index is 2.01. The number of nitrogen functional groups attached to an aromatic ring is 1. The van der Waals surface area contributed by atoms with Crippen LogP contribution < -0.4 is 5.73 Å². The number of nitrogens with two attached hydrogens (primary N) is 1. The highest BCUT2D eigenvalue weighted by atomic mass is 32.2. The van der Waals surface area contributed by atoms with Gasteiger partial charge in [0.25, 0.3) is 0 Å². The van der Waals surface area contributed by atoms with Crippen LogP contribution in [0, 0.1) is 5.82 Å². The van der Waals surface area contributed by atoms with Gasteiger partial charge in [0, 0.05) is 16.3 Å². The summed E-state index contributed by atoms with van der Waals surface area (Å²) in [5.41, 5.74) is 8.04. The van der Waals surface area contributed by atoms with Crippen molar-refractivity contribution in [1.82, 2.24) is 0 Å². The monoisotopic (exact) mass is 263 g/mol. The molecule has 0 spiro atoms. The largest absolute Gasteiger partial charge is 0.399 e. The van der Waals surface area contributed by atoms with E-state index in [1.807, 2.05) is 24.3 Å². The van der Waals surface area contributed by atoms with E-state index in [-0.39, 0.29) is 12.4 Å². The first kappa shape index (κ1) is 12.9. The molecular formula is C14H14FNOS. The SMILES string of the molecule is Nc1cc(F)cc(SCc2ccc(CO)cc2)c1. The van der Waals surface area contributed by atoms with Crippen molar-refractivity contribution in [3.8, 4) is 0 Å². The normalized spacial score (nSPS) is 10.6. The number of aliphatic hydroxyl groups excluding tert-OH is 1. The molecule has 0 aliphatic rings. The quantitative estimate of drug-likeness (QED) is 0.658. The van der Waals surface area contributed by atoms with Crippen molar-refractivity contribution in [2.24, 2.45) is 0 Å². The standard InChI is InChI=1S/C14H14FNOS/c15-12-5-13(16)7-14(6-12)18-9-11-3-1-10(8-17)2-4-11/h1-7,17H,8-9,16H2. The first-order valence-corrected chi connectivity index (χ1v) is 6.53. The summed E-state index contributed by atoms with van der Waals surface area (Å²) in [4.78, 5) is 0.818. The van der Waals surface area contributed by atoms with Crippen molar-refractivity contribution in [2.75, 3.05) is 5.73 Å². The molecule has 0 saturated carbocycles. The molecule has 0 radical (unpaired) electrons. The van der Waals surface area contributed by atoms with Gasteiger partial charge in [-0.05, 0) is 29.3 Å². The predicted octanol–water partition coefficient (Wildman–Crippen LogP) is 3.19. The molecule has 2 nitrogen and oxygen atoms in total. The fourth-order valence-corrected chi connectivity index (χ4v) is 2.52. The highest BCUT2D eigenvalue weighted by Crippen LogP contribution is 2.25. The summed E-state index contributed by atoms with van der Waals surface area (Å²) in [6.07, 6.45) is 0. The first-order valence-electron chi connectivity index (χ1n) is 5.55. The third-order valence-corrected chi connectivity index (χ3v) is 3.55. The van der Waals surface area contributed by atoms with Crippen molar-refractivity contribution in [2.45, 2.75) is 17.3 Å². The second-order valence-corrected chi connectivity index (χ2v) is 5.03. The zero-order chi connectivity index (χ0) is 13.0. The number of hydrogen-bond acceptors (Lipinski definition) is 3. The predicted molar refractivity (Wildman–Crippen MR) is 72.7 cm³/mol. The number of benzene rings is 2. The van der Waals surface area contributed by atoms with E-state index >= 15 is 0 Å². The van der Waals surface area contributed by atoms with E-state index < -0.39 is 0 Å². The molecule has 18 heavy (non-hydrogen) atoms. The van der Waals surface area contributed by atoms with Gasteiger partial charge in [0.15, 0.2) is 0 Å². The second-order valence-electron chi connectivity index (χ2n) is 3.98. The molecule has 0 unspecified atom stereocenters. The van der Waals surface area contributed by atoms with Gasteiger partial charge in [-0.3, -0.25) is 0 Å². The molecule has 94 valence electrons. The van der Waals surface area contributed by atoms with Gasteiger partial charge in [-0.15, -0.1) is 11.8 Å². The van der Waals surface area contributed by atoms with Crippen LogP contribution in [0.2, 0.25) is 0 Å². The Kier molecular flexibility index (Phi) is 4.23. The van der Waals surface area contributed by atoms with Gasteiger partial charge >= 0.3 is 0 Å². The molecule has 0 heterocycles. The molecule has 0 saturated heterocycles. The highest BCUT2D eigenvalue weighted by Gasteiger charge is 2.01. The number of aliphatic hydroxyl groups is 1. The lowest BCUT2D eigenvalue weighted by Gasteiger charge is -2.04. The molecule has 2 aromatic rings. The molecule has 2 rings (SSSR count). The number of halogens is 1. The maximum atomic E-state index is 13.1. The molecule has 0 atom stereocenters. The van der Waals surface area contributed by atoms with E-state index in [9.17, 15) is 4.39 Å². The molecule has 0 amide bonds. The minimum atomic E-state index is -0.312. The van der Waals surface area contributed by atoms with Crippen molar-refractivity contribution >= 4 is 17.4 Å². The van der Waals surface area contributed by atoms with Gasteiger partial charge in [0.1, 0.15) is 5.82 Å². The number of hydrogen-bond donors (Lipinski definition) is 2. The Morgan fingerprint density at radius 3 is 2.33 bits per heavy atom. The van der Waals surface area contributed by atoms with E-state index in [0.29, 0.717) is 5.69 Å². The van der Waals surface area contributed by atoms with Crippen LogP contribution in [0.5, 0.6) is 0 Å². The highest BCUT2D eigenvalue weighted by molar-refractivity contribution is 7.98. The second kappa shape index (κ2) is 5.89. The summed E-state index contributed by atoms with van der Waals surface area (Å²) in [5, 5.41) is 8.94. The zero-order valence-electron chi connectivity index (χ0n) is 9.77. The van der Waals surface area contributed by atoms with E-state index in [1.54, 1.807) is 6.07 Å². The third-order valence-electron chi connectivity index (χ3n) is 2.50. The lowest BCUT2D eigenvalue weighted by Crippen LogP contribution is -1.88. The summed E-state index contributed by atoms with van der Waals surface area (Å²) in [7, 11) is 0. The molecule has 0 fully saturated rings. The van der Waals surface area contributed by atoms with E-state index in [0.717, 1.165) is 21.8 Å². The van der Waals surface area contributed by atoms with Crippen LogP contribution in [0.25, 0.3) is 0 Å². The van der Waals surface area contributed by atoms with Crippen LogP contribution in [0.15, 0.2) is 47.4 Å². The molecule has 0 bridgehead atoms. The minimum absolute atomic E-state index is 0.0495. The number of thioether (sulfide) groups is 1. The smallest absolute Gasteiger partial charge is 0.126 e. The minimum Gasteiger partial charge on any atom is -0.399 e. The summed E-state index contributed by atoms with van der Waals surface area (Å²) in [5.74, 6) is 0.433. The van der Waals surface area contributed by atoms with Crippen molar-refractivity contribution in [1.29, 1.82) is 0 Å². The zero-order valence-corrected chi connectivity index (χ0v) is 10.6. The Hall–Kier alpha value is -1.52. The molecule has 0 aliphatic carbocycles. The molecule has 4 heteroatoms. The summed E-state index contributed by atoms with van der Waals surface area (Å²) in [6.45, 7) is 0.0495. The number of anilines is 1. The Morgan fingerprint density at radius 1 is 1.06 bits per heavy atom. The van der Waals surface area contributed by atoms with Gasteiger partial charge in [-0.2, -0.15) is 0 Å². The third kappa shape index (κ3) is 3.48. The van der Waals surface area contributed by atoms with E-state index in [1.165, 1.54) is 23.9 Å². The Bertz CT molecular complexity index is 508. The molecule has 3 N–H and O–H groups in total. The van der Waals surface area contributed by atoms with Gasteiger partial charge < -0.3 is 10.8 Å². The maximum Gasteiger partial charge on any atom is 0.126 e. The summed E-state index contributed by atoms with van der Waals surface area (Å²) in [6, 6.07) is 12.2. The summed E-state index contributed by atoms with van der Waals surface area (Å²) < 4.78 is 13.1. The molecule has 0 aromatic heterocycles. The van der Waals surface area contributed by atoms with Crippen molar-refractivity contribution < 1.29 is 9.50 Å². The molecule has 2 aromatic carbocycles. The van der Waals surface area contributed by atoms with Crippen LogP contribution >= 0.6 is 11.8 Å². The average Bonchev–Trinajstić information content (AvgIpc) is 2.36. The van der Waals surface area contributed by atoms with E-state index in [4.69, 9.17) is 10.8 Å².